The Labute approximate surface area is 75.4 Å². The second-order valence-corrected chi connectivity index (χ2v) is 2.10. The molecule has 0 saturated carbocycles. The van der Waals surface area contributed by atoms with Crippen LogP contribution in [0.5, 0.6) is 0 Å². The highest BCUT2D eigenvalue weighted by molar-refractivity contribution is 7.78. The van der Waals surface area contributed by atoms with E-state index in [4.69, 9.17) is 0 Å². The van der Waals surface area contributed by atoms with Crippen molar-refractivity contribution >= 4 is 17.8 Å². The standard InChI is InChI=1S/C6H12.C3H6OS/c1-3-5-6-4-2;1-2-4-3-5/h3,5H,4,6H2,1-2H3;3H,2H2,1H3. The van der Waals surface area contributed by atoms with Crippen LogP contribution < -0.4 is 0 Å². The summed E-state index contributed by atoms with van der Waals surface area (Å²) in [4.78, 5) is 0. The quantitative estimate of drug-likeness (QED) is 0.477. The number of hydrogen-bond donors (Lipinski definition) is 0. The van der Waals surface area contributed by atoms with E-state index >= 15 is 0 Å². The molecule has 0 atom stereocenters. The van der Waals surface area contributed by atoms with Crippen LogP contribution >= 0.6 is 12.2 Å². The summed E-state index contributed by atoms with van der Waals surface area (Å²) >= 11 is 4.30. The molecule has 11 heavy (non-hydrogen) atoms. The number of unbranched alkanes of at least 4 members (excludes halogenated alkanes) is 1. The summed E-state index contributed by atoms with van der Waals surface area (Å²) in [5, 5.41) is 0. The minimum Gasteiger partial charge on any atom is -0.490 e. The van der Waals surface area contributed by atoms with Gasteiger partial charge in [-0.25, -0.2) is 0 Å². The summed E-state index contributed by atoms with van der Waals surface area (Å²) in [6, 6.07) is 0. The number of ether oxygens (including phenoxy) is 1. The minimum absolute atomic E-state index is 0.684. The van der Waals surface area contributed by atoms with Gasteiger partial charge >= 0.3 is 0 Å². The fourth-order valence-electron chi connectivity index (χ4n) is 0.401. The number of rotatable bonds is 4. The molecule has 0 heterocycles. The van der Waals surface area contributed by atoms with Gasteiger partial charge in [-0.2, -0.15) is 0 Å². The van der Waals surface area contributed by atoms with Crippen LogP contribution in [-0.2, 0) is 4.74 Å². The summed E-state index contributed by atoms with van der Waals surface area (Å²) in [5.74, 6) is 0. The van der Waals surface area contributed by atoms with E-state index in [1.54, 1.807) is 0 Å². The molecule has 0 spiro atoms. The molecular weight excluding hydrogens is 156 g/mol. The molecule has 0 aliphatic rings. The zero-order valence-electron chi connectivity index (χ0n) is 7.67. The van der Waals surface area contributed by atoms with Crippen molar-refractivity contribution in [3.63, 3.8) is 0 Å². The maximum atomic E-state index is 4.52. The summed E-state index contributed by atoms with van der Waals surface area (Å²) in [6.07, 6.45) is 6.77. The molecule has 0 aromatic carbocycles. The van der Waals surface area contributed by atoms with Gasteiger partial charge in [0.1, 0.15) is 5.55 Å². The maximum Gasteiger partial charge on any atom is 0.146 e. The summed E-state index contributed by atoms with van der Waals surface area (Å²) in [6.45, 7) is 6.81. The number of hydrogen-bond acceptors (Lipinski definition) is 2. The summed E-state index contributed by atoms with van der Waals surface area (Å²) in [5.41, 5.74) is 1.26. The zero-order chi connectivity index (χ0) is 8.95. The van der Waals surface area contributed by atoms with Crippen molar-refractivity contribution in [1.82, 2.24) is 0 Å². The average Bonchev–Trinajstić information content (AvgIpc) is 2.04. The first-order valence-electron chi connectivity index (χ1n) is 3.99. The highest BCUT2D eigenvalue weighted by Crippen LogP contribution is 1.85. The molecule has 0 aliphatic heterocycles. The molecule has 0 unspecified atom stereocenters. The molecule has 0 bridgehead atoms. The van der Waals surface area contributed by atoms with E-state index in [9.17, 15) is 0 Å². The van der Waals surface area contributed by atoms with Crippen molar-refractivity contribution in [3.8, 4) is 0 Å². The largest absolute Gasteiger partial charge is 0.490 e. The molecular formula is C9H18OS. The van der Waals surface area contributed by atoms with E-state index in [2.05, 4.69) is 43.0 Å². The van der Waals surface area contributed by atoms with E-state index in [0.717, 1.165) is 0 Å². The van der Waals surface area contributed by atoms with Gasteiger partial charge in [0.15, 0.2) is 0 Å². The lowest BCUT2D eigenvalue weighted by molar-refractivity contribution is 0.351. The van der Waals surface area contributed by atoms with E-state index in [-0.39, 0.29) is 0 Å². The lowest BCUT2D eigenvalue weighted by Crippen LogP contribution is -1.78. The third-order valence-corrected chi connectivity index (χ3v) is 1.06. The van der Waals surface area contributed by atoms with Crippen LogP contribution in [0.2, 0.25) is 0 Å². The van der Waals surface area contributed by atoms with Gasteiger partial charge in [0.25, 0.3) is 0 Å². The predicted molar refractivity (Wildman–Crippen MR) is 55.0 cm³/mol. The van der Waals surface area contributed by atoms with Crippen LogP contribution in [0.1, 0.15) is 33.6 Å². The van der Waals surface area contributed by atoms with Crippen LogP contribution in [-0.4, -0.2) is 12.2 Å². The smallest absolute Gasteiger partial charge is 0.146 e. The van der Waals surface area contributed by atoms with Crippen LogP contribution in [0.15, 0.2) is 12.2 Å². The lowest BCUT2D eigenvalue weighted by Gasteiger charge is -1.82. The monoisotopic (exact) mass is 174 g/mol. The first-order chi connectivity index (χ1) is 5.33. The summed E-state index contributed by atoms with van der Waals surface area (Å²) < 4.78 is 4.52. The van der Waals surface area contributed by atoms with Gasteiger partial charge in [-0.1, -0.05) is 25.5 Å². The van der Waals surface area contributed by atoms with Gasteiger partial charge in [-0.15, -0.1) is 0 Å². The molecule has 0 fully saturated rings. The molecule has 2 heteroatoms. The van der Waals surface area contributed by atoms with Gasteiger partial charge in [0.05, 0.1) is 6.61 Å². The molecule has 1 nitrogen and oxygen atoms in total. The Kier molecular flexibility index (Phi) is 19.6. The minimum atomic E-state index is 0.684. The van der Waals surface area contributed by atoms with Crippen molar-refractivity contribution in [2.75, 3.05) is 6.61 Å². The Balaban J connectivity index is 0. The average molecular weight is 174 g/mol. The number of allylic oxidation sites excluding steroid dienone is 2. The van der Waals surface area contributed by atoms with Crippen LogP contribution in [0, 0.1) is 0 Å². The topological polar surface area (TPSA) is 9.23 Å². The van der Waals surface area contributed by atoms with Crippen molar-refractivity contribution in [1.29, 1.82) is 0 Å². The normalized spacial score (nSPS) is 8.64. The van der Waals surface area contributed by atoms with Gasteiger partial charge in [0, 0.05) is 0 Å². The predicted octanol–water partition coefficient (Wildman–Crippen LogP) is 3.34. The van der Waals surface area contributed by atoms with E-state index in [1.165, 1.54) is 18.4 Å². The zero-order valence-corrected chi connectivity index (χ0v) is 8.49. The summed E-state index contributed by atoms with van der Waals surface area (Å²) in [7, 11) is 0. The Morgan fingerprint density at radius 3 is 2.09 bits per heavy atom. The Hall–Kier alpha value is -0.370. The fraction of sp³-hybridized carbons (Fsp3) is 0.667. The molecule has 66 valence electrons. The molecule has 0 rings (SSSR count). The molecule has 0 radical (unpaired) electrons. The Bertz CT molecular complexity index is 89.6. The maximum absolute atomic E-state index is 4.52. The highest BCUT2D eigenvalue weighted by atomic mass is 32.1. The van der Waals surface area contributed by atoms with Crippen LogP contribution in [0.25, 0.3) is 0 Å². The SMILES string of the molecule is CC=CCCC.CCOC=S. The van der Waals surface area contributed by atoms with E-state index < -0.39 is 0 Å². The Morgan fingerprint density at radius 2 is 2.00 bits per heavy atom. The second-order valence-electron chi connectivity index (χ2n) is 1.91. The van der Waals surface area contributed by atoms with Crippen LogP contribution in [0.4, 0.5) is 0 Å². The highest BCUT2D eigenvalue weighted by Gasteiger charge is 1.64. The van der Waals surface area contributed by atoms with Crippen LogP contribution in [0.3, 0.4) is 0 Å². The van der Waals surface area contributed by atoms with Crippen molar-refractivity contribution < 1.29 is 4.74 Å². The third kappa shape index (κ3) is 26.2. The molecule has 0 amide bonds. The Morgan fingerprint density at radius 1 is 1.36 bits per heavy atom. The first kappa shape index (κ1) is 13.2. The third-order valence-electron chi connectivity index (χ3n) is 0.926. The molecule has 0 aliphatic carbocycles. The van der Waals surface area contributed by atoms with Gasteiger partial charge in [-0.3, -0.25) is 0 Å². The molecule has 0 aromatic rings. The lowest BCUT2D eigenvalue weighted by atomic mass is 10.3. The van der Waals surface area contributed by atoms with Crippen molar-refractivity contribution in [2.24, 2.45) is 0 Å². The first-order valence-corrected chi connectivity index (χ1v) is 4.46. The fourth-order valence-corrected chi connectivity index (χ4v) is 0.537. The molecule has 0 saturated heterocycles. The van der Waals surface area contributed by atoms with E-state index in [0.29, 0.717) is 6.61 Å². The van der Waals surface area contributed by atoms with E-state index in [1.807, 2.05) is 6.92 Å². The van der Waals surface area contributed by atoms with Crippen molar-refractivity contribution in [3.05, 3.63) is 12.2 Å². The van der Waals surface area contributed by atoms with Gasteiger partial charge < -0.3 is 4.74 Å². The molecule has 0 aromatic heterocycles. The second kappa shape index (κ2) is 16.3. The van der Waals surface area contributed by atoms with Gasteiger partial charge in [0.2, 0.25) is 0 Å². The number of thiocarbonyl (C=S) groups is 1. The molecule has 0 N–H and O–H groups in total. The van der Waals surface area contributed by atoms with Crippen molar-refractivity contribution in [2.45, 2.75) is 33.6 Å². The van der Waals surface area contributed by atoms with Gasteiger partial charge in [-0.05, 0) is 32.5 Å².